The molecule has 1 N–H and O–H groups in total. The molecule has 0 amide bonds. The first-order valence-electron chi connectivity index (χ1n) is 6.87. The smallest absolute Gasteiger partial charge is 0.329 e. The number of rotatable bonds is 3. The first kappa shape index (κ1) is 14.5. The van der Waals surface area contributed by atoms with E-state index < -0.39 is 4.92 Å². The summed E-state index contributed by atoms with van der Waals surface area (Å²) in [7, 11) is 1.70. The first-order chi connectivity index (χ1) is 9.43. The number of anilines is 2. The molecule has 0 radical (unpaired) electrons. The quantitative estimate of drug-likeness (QED) is 0.675. The molecular weight excluding hydrogens is 258 g/mol. The van der Waals surface area contributed by atoms with Gasteiger partial charge in [0.2, 0.25) is 11.8 Å². The highest BCUT2D eigenvalue weighted by molar-refractivity contribution is 5.59. The van der Waals surface area contributed by atoms with Crippen LogP contribution in [0.15, 0.2) is 6.20 Å². The lowest BCUT2D eigenvalue weighted by Gasteiger charge is -2.23. The molecule has 1 aliphatic rings. The highest BCUT2D eigenvalue weighted by Gasteiger charge is 2.28. The van der Waals surface area contributed by atoms with Crippen LogP contribution in [0.4, 0.5) is 17.5 Å². The molecule has 0 bridgehead atoms. The van der Waals surface area contributed by atoms with Gasteiger partial charge in [0.15, 0.2) is 0 Å². The fourth-order valence-corrected chi connectivity index (χ4v) is 2.48. The molecule has 0 aliphatic carbocycles. The van der Waals surface area contributed by atoms with E-state index >= 15 is 0 Å². The van der Waals surface area contributed by atoms with E-state index in [4.69, 9.17) is 0 Å². The fraction of sp³-hybridized carbons (Fsp3) is 0.692. The van der Waals surface area contributed by atoms with Crippen molar-refractivity contribution in [3.8, 4) is 0 Å². The van der Waals surface area contributed by atoms with Crippen molar-refractivity contribution in [1.29, 1.82) is 0 Å². The number of nitrogens with one attached hydrogen (secondary N) is 1. The van der Waals surface area contributed by atoms with Gasteiger partial charge in [-0.25, -0.2) is 4.98 Å². The number of nitrogens with zero attached hydrogens (tertiary/aromatic N) is 4. The zero-order chi connectivity index (χ0) is 14.8. The molecule has 0 unspecified atom stereocenters. The molecular formula is C13H21N5O2. The van der Waals surface area contributed by atoms with Crippen LogP contribution in [0.5, 0.6) is 0 Å². The number of hydrogen-bond acceptors (Lipinski definition) is 6. The molecule has 20 heavy (non-hydrogen) atoms. The molecule has 1 aromatic heterocycles. The molecule has 7 heteroatoms. The Morgan fingerprint density at radius 3 is 2.80 bits per heavy atom. The lowest BCUT2D eigenvalue weighted by molar-refractivity contribution is -0.384. The molecule has 0 spiro atoms. The van der Waals surface area contributed by atoms with Gasteiger partial charge in [0.05, 0.1) is 4.92 Å². The summed E-state index contributed by atoms with van der Waals surface area (Å²) in [6, 6.07) is 0. The Labute approximate surface area is 118 Å². The van der Waals surface area contributed by atoms with Crippen LogP contribution in [0.3, 0.4) is 0 Å². The third-order valence-electron chi connectivity index (χ3n) is 3.81. The molecule has 1 aromatic rings. The first-order valence-corrected chi connectivity index (χ1v) is 6.87. The number of hydrogen-bond donors (Lipinski definition) is 1. The molecule has 0 saturated carbocycles. The lowest BCUT2D eigenvalue weighted by atomic mass is 9.85. The van der Waals surface area contributed by atoms with E-state index in [0.717, 1.165) is 32.4 Å². The van der Waals surface area contributed by atoms with Crippen molar-refractivity contribution in [3.05, 3.63) is 16.3 Å². The summed E-state index contributed by atoms with van der Waals surface area (Å²) in [6.07, 6.45) is 4.43. The minimum Gasteiger partial charge on any atom is -0.357 e. The summed E-state index contributed by atoms with van der Waals surface area (Å²) < 4.78 is 0. The summed E-state index contributed by atoms with van der Waals surface area (Å²) in [5.74, 6) is 0.834. The summed E-state index contributed by atoms with van der Waals surface area (Å²) >= 11 is 0. The molecule has 0 atom stereocenters. The average molecular weight is 279 g/mol. The van der Waals surface area contributed by atoms with Gasteiger partial charge < -0.3 is 10.2 Å². The van der Waals surface area contributed by atoms with Gasteiger partial charge in [0.25, 0.3) is 0 Å². The largest absolute Gasteiger partial charge is 0.357 e. The maximum Gasteiger partial charge on any atom is 0.329 e. The summed E-state index contributed by atoms with van der Waals surface area (Å²) in [5.41, 5.74) is 0.256. The predicted molar refractivity (Wildman–Crippen MR) is 78.1 cm³/mol. The van der Waals surface area contributed by atoms with Crippen LogP contribution in [-0.2, 0) is 0 Å². The minimum absolute atomic E-state index is 0.0243. The predicted octanol–water partition coefficient (Wildman–Crippen LogP) is 2.44. The Hall–Kier alpha value is -1.92. The highest BCUT2D eigenvalue weighted by atomic mass is 16.6. The van der Waals surface area contributed by atoms with Crippen molar-refractivity contribution in [2.24, 2.45) is 5.41 Å². The monoisotopic (exact) mass is 279 g/mol. The van der Waals surface area contributed by atoms with Gasteiger partial charge in [-0.05, 0) is 24.7 Å². The topological polar surface area (TPSA) is 84.2 Å². The van der Waals surface area contributed by atoms with Crippen LogP contribution in [0, 0.1) is 15.5 Å². The summed E-state index contributed by atoms with van der Waals surface area (Å²) in [6.45, 7) is 6.06. The van der Waals surface area contributed by atoms with E-state index in [1.165, 1.54) is 6.20 Å². The highest BCUT2D eigenvalue weighted by Crippen LogP contribution is 2.34. The Balaban J connectivity index is 2.32. The van der Waals surface area contributed by atoms with E-state index in [2.05, 4.69) is 29.1 Å². The number of aromatic nitrogens is 2. The zero-order valence-corrected chi connectivity index (χ0v) is 12.2. The molecule has 0 aromatic carbocycles. The van der Waals surface area contributed by atoms with Crippen molar-refractivity contribution in [1.82, 2.24) is 9.97 Å². The van der Waals surface area contributed by atoms with E-state index in [9.17, 15) is 10.1 Å². The standard InChI is InChI=1S/C13H21N5O2/c1-13(2)5-4-7-17(8-6-13)11-10(18(19)20)9-15-12(14-3)16-11/h9H,4-8H2,1-3H3,(H,14,15,16). The molecule has 2 heterocycles. The van der Waals surface area contributed by atoms with Gasteiger partial charge in [-0.15, -0.1) is 0 Å². The Morgan fingerprint density at radius 1 is 1.40 bits per heavy atom. The Kier molecular flexibility index (Phi) is 4.06. The van der Waals surface area contributed by atoms with Crippen LogP contribution in [0.25, 0.3) is 0 Å². The van der Waals surface area contributed by atoms with Gasteiger partial charge in [-0.1, -0.05) is 13.8 Å². The molecule has 1 saturated heterocycles. The molecule has 1 aliphatic heterocycles. The fourth-order valence-electron chi connectivity index (χ4n) is 2.48. The lowest BCUT2D eigenvalue weighted by Crippen LogP contribution is -2.27. The van der Waals surface area contributed by atoms with Crippen molar-refractivity contribution in [2.45, 2.75) is 33.1 Å². The van der Waals surface area contributed by atoms with Crippen molar-refractivity contribution in [3.63, 3.8) is 0 Å². The number of nitro groups is 1. The molecule has 110 valence electrons. The second kappa shape index (κ2) is 5.60. The second-order valence-corrected chi connectivity index (χ2v) is 5.91. The SMILES string of the molecule is CNc1ncc([N+](=O)[O-])c(N2CCCC(C)(C)CC2)n1. The molecule has 7 nitrogen and oxygen atoms in total. The normalized spacial score (nSPS) is 18.4. The van der Waals surface area contributed by atoms with Crippen LogP contribution in [-0.4, -0.2) is 35.0 Å². The Bertz CT molecular complexity index is 504. The van der Waals surface area contributed by atoms with E-state index in [1.54, 1.807) is 7.05 Å². The van der Waals surface area contributed by atoms with Crippen LogP contribution >= 0.6 is 0 Å². The van der Waals surface area contributed by atoms with Gasteiger partial charge >= 0.3 is 5.69 Å². The van der Waals surface area contributed by atoms with Crippen molar-refractivity contribution >= 4 is 17.5 Å². The van der Waals surface area contributed by atoms with E-state index in [1.807, 2.05) is 4.90 Å². The van der Waals surface area contributed by atoms with Crippen molar-refractivity contribution in [2.75, 3.05) is 30.4 Å². The van der Waals surface area contributed by atoms with Crippen LogP contribution in [0.2, 0.25) is 0 Å². The maximum atomic E-state index is 11.2. The summed E-state index contributed by atoms with van der Waals surface area (Å²) in [4.78, 5) is 21.0. The van der Waals surface area contributed by atoms with Crippen LogP contribution < -0.4 is 10.2 Å². The third-order valence-corrected chi connectivity index (χ3v) is 3.81. The van der Waals surface area contributed by atoms with Gasteiger partial charge in [0.1, 0.15) is 6.20 Å². The van der Waals surface area contributed by atoms with Gasteiger partial charge in [-0.2, -0.15) is 4.98 Å². The van der Waals surface area contributed by atoms with E-state index in [-0.39, 0.29) is 11.1 Å². The Morgan fingerprint density at radius 2 is 2.15 bits per heavy atom. The van der Waals surface area contributed by atoms with E-state index in [0.29, 0.717) is 11.8 Å². The zero-order valence-electron chi connectivity index (χ0n) is 12.2. The third kappa shape index (κ3) is 3.15. The minimum atomic E-state index is -0.412. The second-order valence-electron chi connectivity index (χ2n) is 5.91. The van der Waals surface area contributed by atoms with Crippen LogP contribution in [0.1, 0.15) is 33.1 Å². The molecule has 1 fully saturated rings. The molecule has 2 rings (SSSR count). The average Bonchev–Trinajstić information content (AvgIpc) is 2.58. The van der Waals surface area contributed by atoms with Crippen molar-refractivity contribution < 1.29 is 4.92 Å². The summed E-state index contributed by atoms with van der Waals surface area (Å²) in [5, 5.41) is 14.0. The maximum absolute atomic E-state index is 11.2. The van der Waals surface area contributed by atoms with Gasteiger partial charge in [0, 0.05) is 20.1 Å². The van der Waals surface area contributed by atoms with Gasteiger partial charge in [-0.3, -0.25) is 10.1 Å².